The quantitative estimate of drug-likeness (QED) is 0.896. The Bertz CT molecular complexity index is 510. The Morgan fingerprint density at radius 1 is 1.38 bits per heavy atom. The first-order valence-electron chi connectivity index (χ1n) is 4.37. The molecule has 0 aliphatic heterocycles. The van der Waals surface area contributed by atoms with Crippen molar-refractivity contribution in [2.75, 3.05) is 5.32 Å². The van der Waals surface area contributed by atoms with Crippen LogP contribution in [0.25, 0.3) is 0 Å². The van der Waals surface area contributed by atoms with Crippen LogP contribution in [0.4, 0.5) is 5.13 Å². The van der Waals surface area contributed by atoms with Crippen molar-refractivity contribution in [1.82, 2.24) is 4.98 Å². The van der Waals surface area contributed by atoms with Gasteiger partial charge in [-0.2, -0.15) is 0 Å². The number of carbonyl (C=O) groups is 1. The van der Waals surface area contributed by atoms with E-state index in [1.165, 1.54) is 23.5 Å². The number of thiazole rings is 1. The Kier molecular flexibility index (Phi) is 3.21. The molecule has 2 aromatic rings. The first-order valence-corrected chi connectivity index (χ1v) is 5.98. The molecule has 0 aliphatic rings. The minimum atomic E-state index is -0.248. The van der Waals surface area contributed by atoms with E-state index in [4.69, 9.17) is 5.11 Å². The number of rotatable bonds is 2. The summed E-state index contributed by atoms with van der Waals surface area (Å²) in [5.74, 6) is -0.115. The second-order valence-electron chi connectivity index (χ2n) is 2.97. The molecular weight excluding hydrogens is 292 g/mol. The van der Waals surface area contributed by atoms with E-state index in [1.54, 1.807) is 18.3 Å². The highest BCUT2D eigenvalue weighted by Crippen LogP contribution is 2.23. The van der Waals surface area contributed by atoms with Gasteiger partial charge in [-0.1, -0.05) is 11.3 Å². The molecule has 0 saturated carbocycles. The number of anilines is 1. The fourth-order valence-corrected chi connectivity index (χ4v) is 2.20. The van der Waals surface area contributed by atoms with Gasteiger partial charge in [0, 0.05) is 5.56 Å². The number of nitrogens with one attached hydrogen (secondary N) is 1. The smallest absolute Gasteiger partial charge is 0.257 e. The van der Waals surface area contributed by atoms with Gasteiger partial charge in [0.15, 0.2) is 5.13 Å². The largest absolute Gasteiger partial charge is 0.508 e. The molecule has 0 radical (unpaired) electrons. The maximum absolute atomic E-state index is 11.7. The van der Waals surface area contributed by atoms with E-state index in [9.17, 15) is 4.79 Å². The molecule has 1 aromatic carbocycles. The minimum absolute atomic E-state index is 0.133. The standard InChI is InChI=1S/C10H7BrN2O2S/c11-8-5-12-10(16-8)13-9(15)6-1-3-7(14)4-2-6/h1-5,14H,(H,12,13,15). The summed E-state index contributed by atoms with van der Waals surface area (Å²) in [5.41, 5.74) is 0.476. The molecule has 0 aliphatic carbocycles. The van der Waals surface area contributed by atoms with Gasteiger partial charge < -0.3 is 5.11 Å². The molecule has 0 saturated heterocycles. The number of carbonyl (C=O) groups excluding carboxylic acids is 1. The Morgan fingerprint density at radius 2 is 2.06 bits per heavy atom. The predicted octanol–water partition coefficient (Wildman–Crippen LogP) is 2.86. The number of hydrogen-bond acceptors (Lipinski definition) is 4. The van der Waals surface area contributed by atoms with Crippen LogP contribution in [-0.2, 0) is 0 Å². The number of amides is 1. The number of halogens is 1. The summed E-state index contributed by atoms with van der Waals surface area (Å²) < 4.78 is 0.855. The number of phenolic OH excluding ortho intramolecular Hbond substituents is 1. The highest BCUT2D eigenvalue weighted by Gasteiger charge is 2.08. The van der Waals surface area contributed by atoms with Crippen LogP contribution in [0, 0.1) is 0 Å². The molecular formula is C10H7BrN2O2S. The lowest BCUT2D eigenvalue weighted by Crippen LogP contribution is -2.11. The second-order valence-corrected chi connectivity index (χ2v) is 5.38. The zero-order valence-corrected chi connectivity index (χ0v) is 10.4. The third kappa shape index (κ3) is 2.59. The van der Waals surface area contributed by atoms with Crippen molar-refractivity contribution in [2.45, 2.75) is 0 Å². The van der Waals surface area contributed by atoms with Crippen LogP contribution in [0.2, 0.25) is 0 Å². The molecule has 2 N–H and O–H groups in total. The Hall–Kier alpha value is -1.40. The van der Waals surface area contributed by atoms with E-state index >= 15 is 0 Å². The molecule has 0 unspecified atom stereocenters. The predicted molar refractivity (Wildman–Crippen MR) is 65.9 cm³/mol. The molecule has 0 fully saturated rings. The lowest BCUT2D eigenvalue weighted by Gasteiger charge is -2.01. The number of hydrogen-bond donors (Lipinski definition) is 2. The topological polar surface area (TPSA) is 62.2 Å². The van der Waals surface area contributed by atoms with E-state index in [1.807, 2.05) is 0 Å². The van der Waals surface area contributed by atoms with Crippen LogP contribution < -0.4 is 5.32 Å². The summed E-state index contributed by atoms with van der Waals surface area (Å²) in [6.45, 7) is 0. The summed E-state index contributed by atoms with van der Waals surface area (Å²) in [7, 11) is 0. The van der Waals surface area contributed by atoms with Gasteiger partial charge in [-0.05, 0) is 40.2 Å². The lowest BCUT2D eigenvalue weighted by atomic mass is 10.2. The van der Waals surface area contributed by atoms with E-state index < -0.39 is 0 Å². The molecule has 1 aromatic heterocycles. The zero-order chi connectivity index (χ0) is 11.5. The van der Waals surface area contributed by atoms with Gasteiger partial charge >= 0.3 is 0 Å². The molecule has 0 bridgehead atoms. The van der Waals surface area contributed by atoms with E-state index in [2.05, 4.69) is 26.2 Å². The van der Waals surface area contributed by atoms with Crippen molar-refractivity contribution < 1.29 is 9.90 Å². The van der Waals surface area contributed by atoms with Gasteiger partial charge in [0.25, 0.3) is 5.91 Å². The Balaban J connectivity index is 2.11. The van der Waals surface area contributed by atoms with Crippen LogP contribution in [0.3, 0.4) is 0 Å². The maximum Gasteiger partial charge on any atom is 0.257 e. The van der Waals surface area contributed by atoms with Gasteiger partial charge in [-0.25, -0.2) is 4.98 Å². The van der Waals surface area contributed by atoms with Gasteiger partial charge in [0.2, 0.25) is 0 Å². The van der Waals surface area contributed by atoms with Crippen molar-refractivity contribution >= 4 is 38.3 Å². The molecule has 6 heteroatoms. The van der Waals surface area contributed by atoms with Crippen LogP contribution >= 0.6 is 27.3 Å². The number of nitrogens with zero attached hydrogens (tertiary/aromatic N) is 1. The first kappa shape index (κ1) is 11.1. The maximum atomic E-state index is 11.7. The second kappa shape index (κ2) is 4.63. The highest BCUT2D eigenvalue weighted by molar-refractivity contribution is 9.11. The Labute approximate surface area is 104 Å². The van der Waals surface area contributed by atoms with Crippen molar-refractivity contribution in [1.29, 1.82) is 0 Å². The van der Waals surface area contributed by atoms with Crippen molar-refractivity contribution in [3.63, 3.8) is 0 Å². The Morgan fingerprint density at radius 3 is 2.62 bits per heavy atom. The summed E-state index contributed by atoms with van der Waals surface area (Å²) in [6.07, 6.45) is 1.62. The average molecular weight is 299 g/mol. The van der Waals surface area contributed by atoms with E-state index in [0.29, 0.717) is 10.7 Å². The van der Waals surface area contributed by atoms with Crippen molar-refractivity contribution in [2.24, 2.45) is 0 Å². The molecule has 82 valence electrons. The first-order chi connectivity index (χ1) is 7.65. The number of benzene rings is 1. The van der Waals surface area contributed by atoms with E-state index in [-0.39, 0.29) is 11.7 Å². The SMILES string of the molecule is O=C(Nc1ncc(Br)s1)c1ccc(O)cc1. The number of phenols is 1. The van der Waals surface area contributed by atoms with Gasteiger partial charge in [0.05, 0.1) is 9.98 Å². The third-order valence-electron chi connectivity index (χ3n) is 1.83. The van der Waals surface area contributed by atoms with Gasteiger partial charge in [-0.3, -0.25) is 10.1 Å². The van der Waals surface area contributed by atoms with Crippen molar-refractivity contribution in [3.05, 3.63) is 39.8 Å². The minimum Gasteiger partial charge on any atom is -0.508 e. The summed E-state index contributed by atoms with van der Waals surface area (Å²) in [5, 5.41) is 12.3. The van der Waals surface area contributed by atoms with Gasteiger partial charge in [-0.15, -0.1) is 0 Å². The molecule has 1 heterocycles. The van der Waals surface area contributed by atoms with Gasteiger partial charge in [0.1, 0.15) is 5.75 Å². The molecule has 0 atom stereocenters. The van der Waals surface area contributed by atoms with Crippen molar-refractivity contribution in [3.8, 4) is 5.75 Å². The summed E-state index contributed by atoms with van der Waals surface area (Å²) in [4.78, 5) is 15.7. The third-order valence-corrected chi connectivity index (χ3v) is 3.22. The summed E-state index contributed by atoms with van der Waals surface area (Å²) in [6, 6.07) is 6.03. The molecule has 4 nitrogen and oxygen atoms in total. The normalized spacial score (nSPS) is 10.1. The molecule has 2 rings (SSSR count). The molecule has 0 spiro atoms. The molecule has 1 amide bonds. The van der Waals surface area contributed by atoms with Crippen LogP contribution in [0.1, 0.15) is 10.4 Å². The number of aromatic nitrogens is 1. The molecule has 16 heavy (non-hydrogen) atoms. The lowest BCUT2D eigenvalue weighted by molar-refractivity contribution is 0.102. The summed E-state index contributed by atoms with van der Waals surface area (Å²) >= 11 is 4.60. The fourth-order valence-electron chi connectivity index (χ4n) is 1.09. The van der Waals surface area contributed by atoms with Crippen LogP contribution in [-0.4, -0.2) is 16.0 Å². The fraction of sp³-hybridized carbons (Fsp3) is 0. The number of aromatic hydroxyl groups is 1. The zero-order valence-electron chi connectivity index (χ0n) is 7.98. The van der Waals surface area contributed by atoms with E-state index in [0.717, 1.165) is 3.79 Å². The van der Waals surface area contributed by atoms with Crippen LogP contribution in [0.15, 0.2) is 34.2 Å². The highest BCUT2D eigenvalue weighted by atomic mass is 79.9. The van der Waals surface area contributed by atoms with Crippen LogP contribution in [0.5, 0.6) is 5.75 Å². The monoisotopic (exact) mass is 298 g/mol. The average Bonchev–Trinajstić information content (AvgIpc) is 2.65.